The van der Waals surface area contributed by atoms with Gasteiger partial charge in [-0.3, -0.25) is 19.3 Å². The van der Waals surface area contributed by atoms with Gasteiger partial charge in [-0.2, -0.15) is 0 Å². The predicted molar refractivity (Wildman–Crippen MR) is 128 cm³/mol. The monoisotopic (exact) mass is 468 g/mol. The van der Waals surface area contributed by atoms with Gasteiger partial charge in [0.1, 0.15) is 6.04 Å². The van der Waals surface area contributed by atoms with Crippen LogP contribution in [0.3, 0.4) is 0 Å². The lowest BCUT2D eigenvalue weighted by Crippen LogP contribution is -2.52. The van der Waals surface area contributed by atoms with Crippen molar-refractivity contribution in [3.63, 3.8) is 0 Å². The van der Waals surface area contributed by atoms with Crippen LogP contribution in [0.15, 0.2) is 11.6 Å². The third kappa shape index (κ3) is 9.43. The topological polar surface area (TPSA) is 122 Å². The summed E-state index contributed by atoms with van der Waals surface area (Å²) in [7, 11) is 1.64. The Balaban J connectivity index is 2.71. The van der Waals surface area contributed by atoms with Gasteiger partial charge >= 0.3 is 0 Å². The van der Waals surface area contributed by atoms with Crippen molar-refractivity contribution < 1.29 is 24.6 Å². The van der Waals surface area contributed by atoms with Crippen molar-refractivity contribution in [2.24, 2.45) is 5.92 Å². The minimum absolute atomic E-state index is 0.0836. The molecule has 3 amide bonds. The molecule has 1 rings (SSSR count). The van der Waals surface area contributed by atoms with Crippen molar-refractivity contribution in [3.8, 4) is 0 Å². The summed E-state index contributed by atoms with van der Waals surface area (Å²) in [5.41, 5.74) is 0.373. The molecular formula is C24H44N4O5. The lowest BCUT2D eigenvalue weighted by Gasteiger charge is -2.38. The minimum Gasteiger partial charge on any atom is -0.394 e. The van der Waals surface area contributed by atoms with Gasteiger partial charge in [-0.1, -0.05) is 26.3 Å². The van der Waals surface area contributed by atoms with Crippen LogP contribution in [0.1, 0.15) is 60.3 Å². The molecule has 0 aromatic carbocycles. The van der Waals surface area contributed by atoms with Crippen molar-refractivity contribution in [1.82, 2.24) is 20.4 Å². The van der Waals surface area contributed by atoms with Crippen LogP contribution in [0.4, 0.5) is 0 Å². The van der Waals surface area contributed by atoms with E-state index < -0.39 is 18.0 Å². The molecule has 4 N–H and O–H groups in total. The Morgan fingerprint density at radius 1 is 1.09 bits per heavy atom. The number of piperidine rings is 1. The maximum atomic E-state index is 13.0. The number of nitrogens with zero attached hydrogens (tertiary/aromatic N) is 2. The number of likely N-dealkylation sites (tertiary alicyclic amines) is 1. The van der Waals surface area contributed by atoms with Gasteiger partial charge < -0.3 is 25.7 Å². The van der Waals surface area contributed by atoms with E-state index in [4.69, 9.17) is 10.2 Å². The number of hydrogen-bond acceptors (Lipinski definition) is 6. The summed E-state index contributed by atoms with van der Waals surface area (Å²) in [6.07, 6.45) is 5.26. The number of carbonyl (C=O) groups is 3. The van der Waals surface area contributed by atoms with Crippen LogP contribution in [0.5, 0.6) is 0 Å². The van der Waals surface area contributed by atoms with Gasteiger partial charge in [-0.15, -0.1) is 0 Å². The molecule has 0 radical (unpaired) electrons. The smallest absolute Gasteiger partial charge is 0.247 e. The maximum Gasteiger partial charge on any atom is 0.247 e. The molecule has 0 saturated carbocycles. The maximum absolute atomic E-state index is 13.0. The Morgan fingerprint density at radius 3 is 2.27 bits per heavy atom. The van der Waals surface area contributed by atoms with Gasteiger partial charge in [0.2, 0.25) is 17.7 Å². The largest absolute Gasteiger partial charge is 0.394 e. The second kappa shape index (κ2) is 14.3. The Labute approximate surface area is 198 Å². The van der Waals surface area contributed by atoms with E-state index in [0.717, 1.165) is 25.8 Å². The highest BCUT2D eigenvalue weighted by atomic mass is 16.3. The molecule has 0 aromatic rings. The van der Waals surface area contributed by atoms with Crippen molar-refractivity contribution in [3.05, 3.63) is 11.6 Å². The quantitative estimate of drug-likeness (QED) is 0.312. The predicted octanol–water partition coefficient (Wildman–Crippen LogP) is 0.654. The third-order valence-corrected chi connectivity index (χ3v) is 6.19. The Kier molecular flexibility index (Phi) is 12.6. The molecular weight excluding hydrogens is 424 g/mol. The van der Waals surface area contributed by atoms with E-state index in [1.54, 1.807) is 20.0 Å². The van der Waals surface area contributed by atoms with E-state index >= 15 is 0 Å². The first-order valence-corrected chi connectivity index (χ1v) is 12.0. The number of amides is 3. The number of rotatable bonds is 12. The van der Waals surface area contributed by atoms with E-state index in [1.165, 1.54) is 4.90 Å². The van der Waals surface area contributed by atoms with Crippen LogP contribution in [-0.2, 0) is 14.4 Å². The number of carbonyl (C=O) groups excluding carboxylic acids is 3. The highest BCUT2D eigenvalue weighted by Crippen LogP contribution is 2.22. The van der Waals surface area contributed by atoms with Crippen LogP contribution in [-0.4, -0.2) is 95.3 Å². The molecule has 0 bridgehead atoms. The zero-order chi connectivity index (χ0) is 25.1. The highest BCUT2D eigenvalue weighted by molar-refractivity contribution is 5.93. The lowest BCUT2D eigenvalue weighted by atomic mass is 9.96. The Bertz CT molecular complexity index is 676. The van der Waals surface area contributed by atoms with Crippen LogP contribution in [0.25, 0.3) is 0 Å². The summed E-state index contributed by atoms with van der Waals surface area (Å²) in [5.74, 6) is -0.826. The molecule has 0 aliphatic carbocycles. The summed E-state index contributed by atoms with van der Waals surface area (Å²) in [6.45, 7) is 10.2. The van der Waals surface area contributed by atoms with E-state index in [9.17, 15) is 14.4 Å². The normalized spacial score (nSPS) is 18.5. The molecule has 1 aliphatic heterocycles. The molecule has 1 saturated heterocycles. The fourth-order valence-corrected chi connectivity index (χ4v) is 4.02. The van der Waals surface area contributed by atoms with E-state index in [-0.39, 0.29) is 43.5 Å². The average molecular weight is 469 g/mol. The van der Waals surface area contributed by atoms with E-state index in [1.807, 2.05) is 13.8 Å². The number of hydrogen-bond donors (Lipinski definition) is 4. The van der Waals surface area contributed by atoms with Crippen LogP contribution >= 0.6 is 0 Å². The molecule has 2 unspecified atom stereocenters. The Morgan fingerprint density at radius 2 is 1.73 bits per heavy atom. The number of aliphatic hydroxyl groups excluding tert-OH is 2. The van der Waals surface area contributed by atoms with Crippen molar-refractivity contribution in [1.29, 1.82) is 0 Å². The summed E-state index contributed by atoms with van der Waals surface area (Å²) in [5, 5.41) is 23.6. The van der Waals surface area contributed by atoms with E-state index in [2.05, 4.69) is 29.4 Å². The molecule has 9 heteroatoms. The molecule has 9 nitrogen and oxygen atoms in total. The fourth-order valence-electron chi connectivity index (χ4n) is 4.02. The fraction of sp³-hybridized carbons (Fsp3) is 0.792. The van der Waals surface area contributed by atoms with E-state index in [0.29, 0.717) is 18.0 Å². The molecule has 1 heterocycles. The minimum atomic E-state index is -0.725. The van der Waals surface area contributed by atoms with Gasteiger partial charge in [-0.25, -0.2) is 0 Å². The first-order valence-electron chi connectivity index (χ1n) is 12.0. The van der Waals surface area contributed by atoms with Crippen LogP contribution in [0, 0.1) is 5.92 Å². The molecule has 33 heavy (non-hydrogen) atoms. The van der Waals surface area contributed by atoms with Crippen molar-refractivity contribution in [2.45, 2.75) is 84.5 Å². The lowest BCUT2D eigenvalue weighted by molar-refractivity contribution is -0.136. The van der Waals surface area contributed by atoms with Gasteiger partial charge in [0.05, 0.1) is 19.3 Å². The first-order chi connectivity index (χ1) is 15.5. The summed E-state index contributed by atoms with van der Waals surface area (Å²) >= 11 is 0. The summed E-state index contributed by atoms with van der Waals surface area (Å²) in [4.78, 5) is 41.9. The molecule has 0 spiro atoms. The zero-order valence-electron chi connectivity index (χ0n) is 21.1. The number of aliphatic hydroxyl groups is 2. The van der Waals surface area contributed by atoms with Gasteiger partial charge in [0.15, 0.2) is 0 Å². The average Bonchev–Trinajstić information content (AvgIpc) is 2.78. The molecule has 0 aromatic heterocycles. The summed E-state index contributed by atoms with van der Waals surface area (Å²) in [6, 6.07) is -0.787. The first kappa shape index (κ1) is 29.1. The third-order valence-electron chi connectivity index (χ3n) is 6.19. The van der Waals surface area contributed by atoms with Crippen LogP contribution < -0.4 is 10.6 Å². The second-order valence-electron chi connectivity index (χ2n) is 9.62. The second-order valence-corrected chi connectivity index (χ2v) is 9.62. The molecule has 1 fully saturated rings. The zero-order valence-corrected chi connectivity index (χ0v) is 21.1. The molecule has 190 valence electrons. The number of nitrogens with one attached hydrogen (secondary N) is 2. The highest BCUT2D eigenvalue weighted by Gasteiger charge is 2.30. The Hall–Kier alpha value is -1.97. The SMILES string of the molecule is C/C(=C\CN(C)C(=O)C(NC(=O)CC1CCCCN1C(C)C)C(C)C)C(=O)NC(CO)CO. The molecule has 2 atom stereocenters. The van der Waals surface area contributed by atoms with Gasteiger partial charge in [0.25, 0.3) is 0 Å². The summed E-state index contributed by atoms with van der Waals surface area (Å²) < 4.78 is 0. The van der Waals surface area contributed by atoms with Gasteiger partial charge in [0, 0.05) is 37.7 Å². The van der Waals surface area contributed by atoms with Crippen molar-refractivity contribution in [2.75, 3.05) is 33.4 Å². The molecule has 1 aliphatic rings. The van der Waals surface area contributed by atoms with Crippen molar-refractivity contribution >= 4 is 17.7 Å². The van der Waals surface area contributed by atoms with Gasteiger partial charge in [-0.05, 0) is 46.1 Å². The number of likely N-dealkylation sites (N-methyl/N-ethyl adjacent to an activating group) is 1. The van der Waals surface area contributed by atoms with Crippen LogP contribution in [0.2, 0.25) is 0 Å². The standard InChI is InChI=1S/C24H44N4O5/c1-16(2)22(26-21(31)13-20-9-7-8-11-28(20)17(3)4)24(33)27(6)12-10-18(5)23(32)25-19(14-29)15-30/h10,16-17,19-20,22,29-30H,7-9,11-15H2,1-6H3,(H,25,32)(H,26,31)/b18-10+.